The fourth-order valence-corrected chi connectivity index (χ4v) is 4.47. The first-order valence-electron chi connectivity index (χ1n) is 8.48. The van der Waals surface area contributed by atoms with E-state index >= 15 is 0 Å². The van der Waals surface area contributed by atoms with Gasteiger partial charge in [-0.15, -0.1) is 0 Å². The lowest BCUT2D eigenvalue weighted by Crippen LogP contribution is -2.33. The second-order valence-electron chi connectivity index (χ2n) is 6.14. The van der Waals surface area contributed by atoms with E-state index in [0.29, 0.717) is 17.6 Å². The van der Waals surface area contributed by atoms with Crippen LogP contribution in [-0.4, -0.2) is 46.0 Å². The van der Waals surface area contributed by atoms with Crippen molar-refractivity contribution < 1.29 is 9.53 Å². The topological polar surface area (TPSA) is 47.4 Å². The molecule has 2 aliphatic rings. The summed E-state index contributed by atoms with van der Waals surface area (Å²) < 4.78 is 7.37. The molecule has 1 amide bonds. The number of benzene rings is 1. The second-order valence-corrected chi connectivity index (χ2v) is 7.45. The summed E-state index contributed by atoms with van der Waals surface area (Å²) in [6, 6.07) is 12.3. The van der Waals surface area contributed by atoms with Crippen LogP contribution in [0.3, 0.4) is 0 Å². The molecule has 0 N–H and O–H groups in total. The summed E-state index contributed by atoms with van der Waals surface area (Å²) >= 11 is 1.94. The van der Waals surface area contributed by atoms with Gasteiger partial charge >= 0.3 is 0 Å². The summed E-state index contributed by atoms with van der Waals surface area (Å²) in [6.45, 7) is 3.08. The number of rotatable bonds is 2. The number of aryl methyl sites for hydroxylation is 1. The van der Waals surface area contributed by atoms with E-state index in [1.165, 1.54) is 5.56 Å². The van der Waals surface area contributed by atoms with Crippen LogP contribution in [0.4, 0.5) is 0 Å². The van der Waals surface area contributed by atoms with Crippen LogP contribution >= 0.6 is 11.8 Å². The van der Waals surface area contributed by atoms with Crippen molar-refractivity contribution in [3.05, 3.63) is 47.7 Å². The summed E-state index contributed by atoms with van der Waals surface area (Å²) in [4.78, 5) is 14.7. The molecule has 0 aliphatic carbocycles. The molecule has 24 heavy (non-hydrogen) atoms. The minimum Gasteiger partial charge on any atom is -0.478 e. The Kier molecular flexibility index (Phi) is 4.47. The SMILES string of the molecule is O=C(c1cc2n(n1)CCCO2)N1CCSC(c2ccccc2)CC1. The number of fused-ring (bicyclic) bond motifs is 1. The van der Waals surface area contributed by atoms with Crippen LogP contribution in [0.5, 0.6) is 5.88 Å². The average Bonchev–Trinajstić information content (AvgIpc) is 2.91. The smallest absolute Gasteiger partial charge is 0.274 e. The van der Waals surface area contributed by atoms with Gasteiger partial charge in [0.2, 0.25) is 5.88 Å². The first-order valence-corrected chi connectivity index (χ1v) is 9.52. The molecule has 126 valence electrons. The second kappa shape index (κ2) is 6.89. The predicted octanol–water partition coefficient (Wildman–Crippen LogP) is 2.99. The molecular weight excluding hydrogens is 322 g/mol. The number of hydrogen-bond donors (Lipinski definition) is 0. The van der Waals surface area contributed by atoms with E-state index in [9.17, 15) is 4.79 Å². The van der Waals surface area contributed by atoms with Crippen molar-refractivity contribution in [2.45, 2.75) is 24.6 Å². The number of aromatic nitrogens is 2. The zero-order chi connectivity index (χ0) is 16.4. The summed E-state index contributed by atoms with van der Waals surface area (Å²) in [6.07, 6.45) is 1.92. The van der Waals surface area contributed by atoms with Gasteiger partial charge < -0.3 is 9.64 Å². The number of carbonyl (C=O) groups is 1. The van der Waals surface area contributed by atoms with Crippen LogP contribution in [0.1, 0.15) is 34.1 Å². The molecule has 1 fully saturated rings. The molecule has 4 rings (SSSR count). The van der Waals surface area contributed by atoms with Crippen LogP contribution in [0.25, 0.3) is 0 Å². The van der Waals surface area contributed by atoms with Crippen LogP contribution in [0.2, 0.25) is 0 Å². The van der Waals surface area contributed by atoms with Crippen molar-refractivity contribution in [3.8, 4) is 5.88 Å². The van der Waals surface area contributed by atoms with Gasteiger partial charge in [0.15, 0.2) is 5.69 Å². The van der Waals surface area contributed by atoms with Crippen LogP contribution < -0.4 is 4.74 Å². The molecule has 1 atom stereocenters. The summed E-state index contributed by atoms with van der Waals surface area (Å²) in [7, 11) is 0. The van der Waals surface area contributed by atoms with Crippen molar-refractivity contribution in [3.63, 3.8) is 0 Å². The van der Waals surface area contributed by atoms with Crippen LogP contribution in [0.15, 0.2) is 36.4 Å². The minimum absolute atomic E-state index is 0.0230. The number of hydrogen-bond acceptors (Lipinski definition) is 4. The van der Waals surface area contributed by atoms with E-state index in [-0.39, 0.29) is 5.91 Å². The van der Waals surface area contributed by atoms with Gasteiger partial charge in [-0.3, -0.25) is 4.79 Å². The average molecular weight is 343 g/mol. The predicted molar refractivity (Wildman–Crippen MR) is 94.5 cm³/mol. The molecule has 1 aromatic carbocycles. The highest BCUT2D eigenvalue weighted by atomic mass is 32.2. The van der Waals surface area contributed by atoms with E-state index in [0.717, 1.165) is 44.1 Å². The summed E-state index contributed by atoms with van der Waals surface area (Å²) in [5, 5.41) is 4.89. The Morgan fingerprint density at radius 1 is 1.21 bits per heavy atom. The summed E-state index contributed by atoms with van der Waals surface area (Å²) in [5.41, 5.74) is 1.86. The van der Waals surface area contributed by atoms with Gasteiger partial charge in [-0.2, -0.15) is 16.9 Å². The monoisotopic (exact) mass is 343 g/mol. The molecule has 0 spiro atoms. The lowest BCUT2D eigenvalue weighted by atomic mass is 10.1. The maximum Gasteiger partial charge on any atom is 0.274 e. The third kappa shape index (κ3) is 3.15. The highest BCUT2D eigenvalue weighted by Crippen LogP contribution is 2.34. The Hall–Kier alpha value is -1.95. The quantitative estimate of drug-likeness (QED) is 0.841. The number of ether oxygens (including phenoxy) is 1. The van der Waals surface area contributed by atoms with E-state index in [4.69, 9.17) is 4.74 Å². The molecule has 0 radical (unpaired) electrons. The maximum atomic E-state index is 12.8. The van der Waals surface area contributed by atoms with Gasteiger partial charge in [-0.1, -0.05) is 30.3 Å². The minimum atomic E-state index is 0.0230. The van der Waals surface area contributed by atoms with Crippen molar-refractivity contribution in [2.24, 2.45) is 0 Å². The molecule has 6 heteroatoms. The molecule has 3 heterocycles. The van der Waals surface area contributed by atoms with Crippen molar-refractivity contribution >= 4 is 17.7 Å². The van der Waals surface area contributed by atoms with E-state index < -0.39 is 0 Å². The third-order valence-corrected chi connectivity index (χ3v) is 5.85. The number of carbonyl (C=O) groups excluding carboxylic acids is 1. The van der Waals surface area contributed by atoms with Crippen LogP contribution in [0, 0.1) is 0 Å². The zero-order valence-electron chi connectivity index (χ0n) is 13.6. The Balaban J connectivity index is 1.45. The third-order valence-electron chi connectivity index (χ3n) is 4.53. The molecule has 1 unspecified atom stereocenters. The fraction of sp³-hybridized carbons (Fsp3) is 0.444. The number of amides is 1. The Labute approximate surface area is 146 Å². The number of thioether (sulfide) groups is 1. The molecular formula is C18H21N3O2S. The normalized spacial score (nSPS) is 20.8. The van der Waals surface area contributed by atoms with E-state index in [1.54, 1.807) is 10.7 Å². The highest BCUT2D eigenvalue weighted by Gasteiger charge is 2.26. The molecule has 2 aliphatic heterocycles. The zero-order valence-corrected chi connectivity index (χ0v) is 14.4. The molecule has 5 nitrogen and oxygen atoms in total. The molecule has 0 saturated carbocycles. The first-order chi connectivity index (χ1) is 11.8. The molecule has 1 aromatic heterocycles. The largest absolute Gasteiger partial charge is 0.478 e. The van der Waals surface area contributed by atoms with E-state index in [2.05, 4.69) is 29.4 Å². The van der Waals surface area contributed by atoms with Crippen LogP contribution in [-0.2, 0) is 6.54 Å². The van der Waals surface area contributed by atoms with Gasteiger partial charge in [-0.05, 0) is 12.0 Å². The van der Waals surface area contributed by atoms with Crippen molar-refractivity contribution in [2.75, 3.05) is 25.4 Å². The Morgan fingerprint density at radius 3 is 2.92 bits per heavy atom. The standard InChI is InChI=1S/C18H21N3O2S/c22-18(15-13-17-21(19-15)8-4-11-23-17)20-9-7-16(24-12-10-20)14-5-2-1-3-6-14/h1-3,5-6,13,16H,4,7-12H2. The lowest BCUT2D eigenvalue weighted by Gasteiger charge is -2.19. The summed E-state index contributed by atoms with van der Waals surface area (Å²) in [5.74, 6) is 1.70. The maximum absolute atomic E-state index is 12.8. The Morgan fingerprint density at radius 2 is 2.08 bits per heavy atom. The van der Waals surface area contributed by atoms with Crippen molar-refractivity contribution in [1.82, 2.24) is 14.7 Å². The fourth-order valence-electron chi connectivity index (χ4n) is 3.24. The van der Waals surface area contributed by atoms with Gasteiger partial charge in [-0.25, -0.2) is 4.68 Å². The van der Waals surface area contributed by atoms with Crippen molar-refractivity contribution in [1.29, 1.82) is 0 Å². The van der Waals surface area contributed by atoms with E-state index in [1.807, 2.05) is 22.7 Å². The molecule has 0 bridgehead atoms. The highest BCUT2D eigenvalue weighted by molar-refractivity contribution is 7.99. The molecule has 2 aromatic rings. The lowest BCUT2D eigenvalue weighted by molar-refractivity contribution is 0.0759. The first kappa shape index (κ1) is 15.6. The van der Waals surface area contributed by atoms with Gasteiger partial charge in [0.05, 0.1) is 6.61 Å². The molecule has 1 saturated heterocycles. The van der Waals surface area contributed by atoms with Gasteiger partial charge in [0, 0.05) is 43.1 Å². The van der Waals surface area contributed by atoms with Gasteiger partial charge in [0.1, 0.15) is 0 Å². The number of nitrogens with zero attached hydrogens (tertiary/aromatic N) is 3. The van der Waals surface area contributed by atoms with Gasteiger partial charge in [0.25, 0.3) is 5.91 Å². The Bertz CT molecular complexity index is 693.